The van der Waals surface area contributed by atoms with E-state index in [9.17, 15) is 18.0 Å². The number of amides is 1. The molecule has 2 heterocycles. The SMILES string of the molecule is COc1ccc(CNC(=O)C2CCN(c3ccc(C(F)(F)F)cn3)CC2)cc1. The van der Waals surface area contributed by atoms with Gasteiger partial charge in [0.25, 0.3) is 0 Å². The third-order valence-electron chi connectivity index (χ3n) is 4.89. The van der Waals surface area contributed by atoms with Gasteiger partial charge in [0, 0.05) is 31.7 Å². The van der Waals surface area contributed by atoms with Crippen LogP contribution in [0, 0.1) is 5.92 Å². The second kappa shape index (κ2) is 8.50. The van der Waals surface area contributed by atoms with Gasteiger partial charge < -0.3 is 15.0 Å². The molecule has 0 radical (unpaired) electrons. The Bertz CT molecular complexity index is 784. The van der Waals surface area contributed by atoms with Gasteiger partial charge in [0.1, 0.15) is 11.6 Å². The molecule has 150 valence electrons. The van der Waals surface area contributed by atoms with E-state index in [-0.39, 0.29) is 11.8 Å². The number of aromatic nitrogens is 1. The predicted octanol–water partition coefficient (Wildman–Crippen LogP) is 3.64. The van der Waals surface area contributed by atoms with Crippen molar-refractivity contribution in [1.29, 1.82) is 0 Å². The van der Waals surface area contributed by atoms with Crippen LogP contribution in [0.15, 0.2) is 42.6 Å². The molecule has 2 aromatic rings. The zero-order chi connectivity index (χ0) is 20.1. The lowest BCUT2D eigenvalue weighted by atomic mass is 9.95. The first-order valence-corrected chi connectivity index (χ1v) is 9.05. The summed E-state index contributed by atoms with van der Waals surface area (Å²) in [5, 5.41) is 2.95. The highest BCUT2D eigenvalue weighted by Crippen LogP contribution is 2.30. The van der Waals surface area contributed by atoms with E-state index in [1.54, 1.807) is 7.11 Å². The summed E-state index contributed by atoms with van der Waals surface area (Å²) >= 11 is 0. The van der Waals surface area contributed by atoms with Crippen LogP contribution in [0.3, 0.4) is 0 Å². The maximum atomic E-state index is 12.6. The van der Waals surface area contributed by atoms with Crippen LogP contribution in [0.4, 0.5) is 19.0 Å². The average Bonchev–Trinajstić information content (AvgIpc) is 2.72. The van der Waals surface area contributed by atoms with Gasteiger partial charge >= 0.3 is 6.18 Å². The number of piperidine rings is 1. The van der Waals surface area contributed by atoms with Crippen molar-refractivity contribution in [1.82, 2.24) is 10.3 Å². The van der Waals surface area contributed by atoms with Crippen LogP contribution in [0.5, 0.6) is 5.75 Å². The van der Waals surface area contributed by atoms with Crippen molar-refractivity contribution in [2.45, 2.75) is 25.6 Å². The Morgan fingerprint density at radius 1 is 1.18 bits per heavy atom. The third kappa shape index (κ3) is 4.94. The molecule has 1 aromatic carbocycles. The van der Waals surface area contributed by atoms with Crippen molar-refractivity contribution < 1.29 is 22.7 Å². The van der Waals surface area contributed by atoms with E-state index in [0.717, 1.165) is 23.6 Å². The molecule has 1 fully saturated rings. The number of ether oxygens (including phenoxy) is 1. The molecular formula is C20H22F3N3O2. The minimum absolute atomic E-state index is 0.00385. The quantitative estimate of drug-likeness (QED) is 0.843. The number of carbonyl (C=O) groups is 1. The molecule has 1 N–H and O–H groups in total. The maximum Gasteiger partial charge on any atom is 0.417 e. The van der Waals surface area contributed by atoms with Gasteiger partial charge in [-0.1, -0.05) is 12.1 Å². The van der Waals surface area contributed by atoms with Crippen molar-refractivity contribution in [3.8, 4) is 5.75 Å². The number of methoxy groups -OCH3 is 1. The molecule has 1 aliphatic rings. The van der Waals surface area contributed by atoms with Crippen LogP contribution >= 0.6 is 0 Å². The molecular weight excluding hydrogens is 371 g/mol. The summed E-state index contributed by atoms with van der Waals surface area (Å²) in [6.45, 7) is 1.61. The number of rotatable bonds is 5. The zero-order valence-corrected chi connectivity index (χ0v) is 15.5. The highest BCUT2D eigenvalue weighted by Gasteiger charge is 2.31. The van der Waals surface area contributed by atoms with Gasteiger partial charge in [0.2, 0.25) is 5.91 Å². The maximum absolute atomic E-state index is 12.6. The first-order chi connectivity index (χ1) is 13.4. The van der Waals surface area contributed by atoms with Gasteiger partial charge in [0.15, 0.2) is 0 Å². The Morgan fingerprint density at radius 2 is 1.86 bits per heavy atom. The minimum Gasteiger partial charge on any atom is -0.497 e. The summed E-state index contributed by atoms with van der Waals surface area (Å²) < 4.78 is 43.0. The zero-order valence-electron chi connectivity index (χ0n) is 15.5. The van der Waals surface area contributed by atoms with Crippen LogP contribution in [0.1, 0.15) is 24.0 Å². The normalized spacial score (nSPS) is 15.4. The lowest BCUT2D eigenvalue weighted by Gasteiger charge is -2.32. The first-order valence-electron chi connectivity index (χ1n) is 9.05. The van der Waals surface area contributed by atoms with Gasteiger partial charge in [-0.2, -0.15) is 13.2 Å². The number of halogens is 3. The number of hydrogen-bond acceptors (Lipinski definition) is 4. The number of pyridine rings is 1. The van der Waals surface area contributed by atoms with Gasteiger partial charge in [0.05, 0.1) is 12.7 Å². The summed E-state index contributed by atoms with van der Waals surface area (Å²) in [6.07, 6.45) is -2.27. The fourth-order valence-corrected chi connectivity index (χ4v) is 3.19. The molecule has 1 amide bonds. The second-order valence-electron chi connectivity index (χ2n) is 6.73. The van der Waals surface area contributed by atoms with E-state index >= 15 is 0 Å². The lowest BCUT2D eigenvalue weighted by Crippen LogP contribution is -2.40. The van der Waals surface area contributed by atoms with E-state index in [1.165, 1.54) is 6.07 Å². The predicted molar refractivity (Wildman–Crippen MR) is 99.0 cm³/mol. The van der Waals surface area contributed by atoms with E-state index in [0.29, 0.717) is 38.3 Å². The smallest absolute Gasteiger partial charge is 0.417 e. The average molecular weight is 393 g/mol. The molecule has 0 atom stereocenters. The number of nitrogens with zero attached hydrogens (tertiary/aromatic N) is 2. The Hall–Kier alpha value is -2.77. The Morgan fingerprint density at radius 3 is 2.39 bits per heavy atom. The van der Waals surface area contributed by atoms with E-state index < -0.39 is 11.7 Å². The fraction of sp³-hybridized carbons (Fsp3) is 0.400. The molecule has 0 spiro atoms. The molecule has 0 saturated carbocycles. The Kier molecular flexibility index (Phi) is 6.06. The third-order valence-corrected chi connectivity index (χ3v) is 4.89. The molecule has 0 unspecified atom stereocenters. The molecule has 5 nitrogen and oxygen atoms in total. The van der Waals surface area contributed by atoms with Crippen molar-refractivity contribution in [2.75, 3.05) is 25.1 Å². The topological polar surface area (TPSA) is 54.5 Å². The minimum atomic E-state index is -4.39. The number of anilines is 1. The molecule has 1 aromatic heterocycles. The number of carbonyl (C=O) groups excluding carboxylic acids is 1. The molecule has 1 aliphatic heterocycles. The van der Waals surface area contributed by atoms with Crippen LogP contribution in [0.25, 0.3) is 0 Å². The van der Waals surface area contributed by atoms with Crippen molar-refractivity contribution in [3.05, 3.63) is 53.7 Å². The number of benzene rings is 1. The molecule has 28 heavy (non-hydrogen) atoms. The highest BCUT2D eigenvalue weighted by molar-refractivity contribution is 5.79. The van der Waals surface area contributed by atoms with Crippen LogP contribution in [-0.4, -0.2) is 31.1 Å². The van der Waals surface area contributed by atoms with Gasteiger partial charge in [-0.15, -0.1) is 0 Å². The molecule has 0 aliphatic carbocycles. The molecule has 1 saturated heterocycles. The summed E-state index contributed by atoms with van der Waals surface area (Å²) in [5.41, 5.74) is 0.226. The molecule has 8 heteroatoms. The monoisotopic (exact) mass is 393 g/mol. The van der Waals surface area contributed by atoms with Crippen molar-refractivity contribution in [3.63, 3.8) is 0 Å². The van der Waals surface area contributed by atoms with Gasteiger partial charge in [-0.3, -0.25) is 4.79 Å². The van der Waals surface area contributed by atoms with E-state index in [4.69, 9.17) is 4.74 Å². The standard InChI is InChI=1S/C20H22F3N3O2/c1-28-17-5-2-14(3-6-17)12-25-19(27)15-8-10-26(11-9-15)18-7-4-16(13-24-18)20(21,22)23/h2-7,13,15H,8-12H2,1H3,(H,25,27). The Labute approximate surface area is 161 Å². The second-order valence-corrected chi connectivity index (χ2v) is 6.73. The number of nitrogens with one attached hydrogen (secondary N) is 1. The largest absolute Gasteiger partial charge is 0.497 e. The van der Waals surface area contributed by atoms with E-state index in [2.05, 4.69) is 10.3 Å². The summed E-state index contributed by atoms with van der Waals surface area (Å²) in [5.74, 6) is 1.16. The van der Waals surface area contributed by atoms with Crippen LogP contribution in [0.2, 0.25) is 0 Å². The Balaban J connectivity index is 1.48. The highest BCUT2D eigenvalue weighted by atomic mass is 19.4. The first kappa shape index (κ1) is 20.0. The summed E-state index contributed by atoms with van der Waals surface area (Å²) in [7, 11) is 1.60. The van der Waals surface area contributed by atoms with Crippen LogP contribution < -0.4 is 15.0 Å². The van der Waals surface area contributed by atoms with Crippen LogP contribution in [-0.2, 0) is 17.5 Å². The fourth-order valence-electron chi connectivity index (χ4n) is 3.19. The summed E-state index contributed by atoms with van der Waals surface area (Å²) in [6, 6.07) is 9.91. The molecule has 3 rings (SSSR count). The van der Waals surface area contributed by atoms with E-state index in [1.807, 2.05) is 29.2 Å². The van der Waals surface area contributed by atoms with Gasteiger partial charge in [-0.25, -0.2) is 4.98 Å². The van der Waals surface area contributed by atoms with Crippen molar-refractivity contribution >= 4 is 11.7 Å². The van der Waals surface area contributed by atoms with Gasteiger partial charge in [-0.05, 0) is 42.7 Å². The number of alkyl halides is 3. The number of hydrogen-bond donors (Lipinski definition) is 1. The van der Waals surface area contributed by atoms with Crippen molar-refractivity contribution in [2.24, 2.45) is 5.92 Å². The summed E-state index contributed by atoms with van der Waals surface area (Å²) in [4.78, 5) is 18.2. The molecule has 0 bridgehead atoms. The lowest BCUT2D eigenvalue weighted by molar-refractivity contribution is -0.137.